The molecule has 1 aliphatic carbocycles. The van der Waals surface area contributed by atoms with Gasteiger partial charge in [0.2, 0.25) is 5.88 Å². The zero-order valence-corrected chi connectivity index (χ0v) is 16.9. The Bertz CT molecular complexity index is 1060. The summed E-state index contributed by atoms with van der Waals surface area (Å²) < 4.78 is 7.96. The maximum atomic E-state index is 12.2. The van der Waals surface area contributed by atoms with Crippen molar-refractivity contribution in [2.75, 3.05) is 25.0 Å². The zero-order chi connectivity index (χ0) is 20.7. The van der Waals surface area contributed by atoms with Gasteiger partial charge in [-0.05, 0) is 31.9 Å². The van der Waals surface area contributed by atoms with Gasteiger partial charge < -0.3 is 14.7 Å². The number of carboxylic acid groups (broad SMARTS) is 1. The topological polar surface area (TPSA) is 83.2 Å². The Kier molecular flexibility index (Phi) is 4.78. The first kappa shape index (κ1) is 18.9. The predicted molar refractivity (Wildman–Crippen MR) is 112 cm³/mol. The zero-order valence-electron chi connectivity index (χ0n) is 16.9. The second-order valence-electron chi connectivity index (χ2n) is 8.21. The third-order valence-electron chi connectivity index (χ3n) is 5.79. The van der Waals surface area contributed by atoms with Gasteiger partial charge in [0.1, 0.15) is 6.10 Å². The van der Waals surface area contributed by atoms with Gasteiger partial charge in [-0.25, -0.2) is 14.3 Å². The molecule has 1 saturated carbocycles. The molecule has 5 rings (SSSR count). The van der Waals surface area contributed by atoms with E-state index < -0.39 is 6.09 Å². The van der Waals surface area contributed by atoms with Crippen LogP contribution in [0.1, 0.15) is 36.4 Å². The molecule has 0 bridgehead atoms. The van der Waals surface area contributed by atoms with Crippen LogP contribution in [0.3, 0.4) is 0 Å². The van der Waals surface area contributed by atoms with Crippen molar-refractivity contribution in [3.8, 4) is 5.88 Å². The maximum Gasteiger partial charge on any atom is 0.412 e. The Morgan fingerprint density at radius 3 is 2.73 bits per heavy atom. The van der Waals surface area contributed by atoms with Crippen molar-refractivity contribution >= 4 is 17.4 Å². The third-order valence-corrected chi connectivity index (χ3v) is 5.79. The highest BCUT2D eigenvalue weighted by Gasteiger charge is 2.30. The Morgan fingerprint density at radius 1 is 1.27 bits per heavy atom. The maximum absolute atomic E-state index is 12.2. The van der Waals surface area contributed by atoms with Crippen LogP contribution in [0.25, 0.3) is 5.65 Å². The van der Waals surface area contributed by atoms with Gasteiger partial charge in [0.25, 0.3) is 0 Å². The summed E-state index contributed by atoms with van der Waals surface area (Å²) in [5, 5.41) is 14.7. The predicted octanol–water partition coefficient (Wildman–Crippen LogP) is 3.37. The van der Waals surface area contributed by atoms with Crippen LogP contribution in [0, 0.1) is 0 Å². The number of likely N-dealkylation sites (N-methyl/N-ethyl adjacent to an activating group) is 1. The van der Waals surface area contributed by atoms with E-state index in [4.69, 9.17) is 4.74 Å². The minimum atomic E-state index is -1.03. The number of nitrogens with zero attached hydrogens (tertiary/aromatic N) is 5. The Hall–Kier alpha value is -3.13. The van der Waals surface area contributed by atoms with E-state index in [0.717, 1.165) is 43.6 Å². The number of amides is 1. The van der Waals surface area contributed by atoms with Gasteiger partial charge in [-0.15, -0.1) is 5.10 Å². The fraction of sp³-hybridized carbons (Fsp3) is 0.409. The van der Waals surface area contributed by atoms with Gasteiger partial charge in [-0.3, -0.25) is 4.90 Å². The third kappa shape index (κ3) is 3.70. The highest BCUT2D eigenvalue weighted by Crippen LogP contribution is 2.41. The van der Waals surface area contributed by atoms with Crippen LogP contribution >= 0.6 is 0 Å². The van der Waals surface area contributed by atoms with Crippen molar-refractivity contribution in [3.63, 3.8) is 0 Å². The summed E-state index contributed by atoms with van der Waals surface area (Å²) in [6.07, 6.45) is 3.98. The molecule has 0 unspecified atom stereocenters. The van der Waals surface area contributed by atoms with Gasteiger partial charge in [-0.1, -0.05) is 30.3 Å². The average Bonchev–Trinajstić information content (AvgIpc) is 3.36. The van der Waals surface area contributed by atoms with Crippen LogP contribution in [0.5, 0.6) is 5.88 Å². The van der Waals surface area contributed by atoms with Crippen LogP contribution in [0.4, 0.5) is 10.5 Å². The molecule has 1 N–H and O–H groups in total. The molecule has 3 aromatic rings. The molecule has 1 saturated heterocycles. The fourth-order valence-corrected chi connectivity index (χ4v) is 4.04. The Labute approximate surface area is 174 Å². The van der Waals surface area contributed by atoms with E-state index in [-0.39, 0.29) is 12.6 Å². The lowest BCUT2D eigenvalue weighted by Crippen LogP contribution is -2.29. The number of imidazole rings is 1. The van der Waals surface area contributed by atoms with Gasteiger partial charge in [0, 0.05) is 25.1 Å². The van der Waals surface area contributed by atoms with Gasteiger partial charge >= 0.3 is 6.09 Å². The molecule has 2 aromatic heterocycles. The second kappa shape index (κ2) is 7.60. The molecule has 0 spiro atoms. The van der Waals surface area contributed by atoms with Crippen molar-refractivity contribution < 1.29 is 14.6 Å². The highest BCUT2D eigenvalue weighted by molar-refractivity contribution is 5.91. The molecule has 1 amide bonds. The number of likely N-dealkylation sites (tertiary alicyclic amines) is 1. The van der Waals surface area contributed by atoms with Gasteiger partial charge in [0.15, 0.2) is 5.65 Å². The summed E-state index contributed by atoms with van der Waals surface area (Å²) in [5.74, 6) is 0.873. The molecule has 8 heteroatoms. The largest absolute Gasteiger partial charge is 0.472 e. The first-order valence-electron chi connectivity index (χ1n) is 10.4. The number of carbonyl (C=O) groups is 1. The number of hydrogen-bond acceptors (Lipinski definition) is 5. The Balaban J connectivity index is 1.56. The standard InChI is InChI=1S/C22H25N5O3/c1-25-10-9-17(14-25)30-20-11-18(21-23-12-19(16-7-8-16)27(21)24-20)26(22(28)29)13-15-5-3-2-4-6-15/h2-6,11-12,16-17H,7-10,13-14H2,1H3,(H,28,29)/t17-/m0/s1. The summed E-state index contributed by atoms with van der Waals surface area (Å²) in [5.41, 5.74) is 2.97. The van der Waals surface area contributed by atoms with Gasteiger partial charge in [0.05, 0.1) is 24.1 Å². The van der Waals surface area contributed by atoms with Crippen molar-refractivity contribution in [2.24, 2.45) is 0 Å². The number of hydrogen-bond donors (Lipinski definition) is 1. The van der Waals surface area contributed by atoms with Crippen molar-refractivity contribution in [2.45, 2.75) is 37.8 Å². The first-order valence-corrected chi connectivity index (χ1v) is 10.4. The van der Waals surface area contributed by atoms with Crippen LogP contribution < -0.4 is 9.64 Å². The second-order valence-corrected chi connectivity index (χ2v) is 8.21. The SMILES string of the molecule is CN1CC[C@H](Oc2cc(N(Cc3ccccc3)C(=O)O)c3ncc(C4CC4)n3n2)C1. The van der Waals surface area contributed by atoms with Crippen LogP contribution in [-0.2, 0) is 6.54 Å². The normalized spacial score (nSPS) is 19.3. The summed E-state index contributed by atoms with van der Waals surface area (Å²) in [6, 6.07) is 11.3. The van der Waals surface area contributed by atoms with Crippen molar-refractivity contribution in [1.29, 1.82) is 0 Å². The minimum Gasteiger partial charge on any atom is -0.472 e. The lowest BCUT2D eigenvalue weighted by Gasteiger charge is -2.21. The number of anilines is 1. The molecule has 1 aliphatic heterocycles. The molecule has 156 valence electrons. The summed E-state index contributed by atoms with van der Waals surface area (Å²) >= 11 is 0. The van der Waals surface area contributed by atoms with E-state index in [2.05, 4.69) is 22.0 Å². The molecule has 2 fully saturated rings. The van der Waals surface area contributed by atoms with Crippen LogP contribution in [0.2, 0.25) is 0 Å². The van der Waals surface area contributed by atoms with E-state index in [1.807, 2.05) is 36.5 Å². The molecule has 3 heterocycles. The van der Waals surface area contributed by atoms with Crippen molar-refractivity contribution in [1.82, 2.24) is 19.5 Å². The van der Waals surface area contributed by atoms with E-state index in [0.29, 0.717) is 23.1 Å². The van der Waals surface area contributed by atoms with E-state index >= 15 is 0 Å². The molecule has 1 atom stereocenters. The number of ether oxygens (including phenoxy) is 1. The monoisotopic (exact) mass is 407 g/mol. The number of aromatic nitrogens is 3. The quantitative estimate of drug-likeness (QED) is 0.675. The van der Waals surface area contributed by atoms with Crippen molar-refractivity contribution in [3.05, 3.63) is 53.9 Å². The fourth-order valence-electron chi connectivity index (χ4n) is 4.04. The average molecular weight is 407 g/mol. The van der Waals surface area contributed by atoms with Gasteiger partial charge in [-0.2, -0.15) is 0 Å². The lowest BCUT2D eigenvalue weighted by atomic mass is 10.2. The molecule has 0 radical (unpaired) electrons. The lowest BCUT2D eigenvalue weighted by molar-refractivity contribution is 0.196. The molecular weight excluding hydrogens is 382 g/mol. The molecular formula is C22H25N5O3. The number of fused-ring (bicyclic) bond motifs is 1. The minimum absolute atomic E-state index is 0.0492. The summed E-state index contributed by atoms with van der Waals surface area (Å²) in [7, 11) is 2.07. The molecule has 1 aromatic carbocycles. The molecule has 2 aliphatic rings. The number of benzene rings is 1. The van der Waals surface area contributed by atoms with E-state index in [9.17, 15) is 9.90 Å². The molecule has 8 nitrogen and oxygen atoms in total. The Morgan fingerprint density at radius 2 is 2.07 bits per heavy atom. The smallest absolute Gasteiger partial charge is 0.412 e. The van der Waals surface area contributed by atoms with Crippen LogP contribution in [0.15, 0.2) is 42.6 Å². The summed E-state index contributed by atoms with van der Waals surface area (Å²) in [4.78, 5) is 20.3. The highest BCUT2D eigenvalue weighted by atomic mass is 16.5. The van der Waals surface area contributed by atoms with E-state index in [1.165, 1.54) is 4.90 Å². The summed E-state index contributed by atoms with van der Waals surface area (Å²) in [6.45, 7) is 2.04. The van der Waals surface area contributed by atoms with E-state index in [1.54, 1.807) is 10.6 Å². The van der Waals surface area contributed by atoms with Crippen LogP contribution in [-0.4, -0.2) is 56.9 Å². The number of rotatable bonds is 6. The first-order chi connectivity index (χ1) is 14.6. The molecule has 30 heavy (non-hydrogen) atoms.